The molecule has 8 heteroatoms. The van der Waals surface area contributed by atoms with E-state index < -0.39 is 6.04 Å². The molecule has 29 heavy (non-hydrogen) atoms. The zero-order chi connectivity index (χ0) is 20.8. The summed E-state index contributed by atoms with van der Waals surface area (Å²) in [6, 6.07) is 6.68. The molecule has 0 saturated carbocycles. The number of ether oxygens (including phenoxy) is 1. The van der Waals surface area contributed by atoms with Gasteiger partial charge in [-0.2, -0.15) is 5.10 Å². The van der Waals surface area contributed by atoms with Crippen molar-refractivity contribution >= 4 is 17.5 Å². The largest absolute Gasteiger partial charge is 0.493 e. The fourth-order valence-electron chi connectivity index (χ4n) is 3.44. The third-order valence-corrected chi connectivity index (χ3v) is 4.91. The van der Waals surface area contributed by atoms with Crippen molar-refractivity contribution in [3.63, 3.8) is 0 Å². The van der Waals surface area contributed by atoms with Gasteiger partial charge in [0.1, 0.15) is 11.8 Å². The van der Waals surface area contributed by atoms with Crippen molar-refractivity contribution in [1.82, 2.24) is 19.6 Å². The molecule has 1 aliphatic heterocycles. The van der Waals surface area contributed by atoms with Crippen LogP contribution in [0.2, 0.25) is 0 Å². The third-order valence-electron chi connectivity index (χ3n) is 4.91. The topological polar surface area (TPSA) is 79.7 Å². The number of likely N-dealkylation sites (tertiary alicyclic amines) is 1. The van der Waals surface area contributed by atoms with Crippen LogP contribution < -0.4 is 10.1 Å². The first-order valence-electron chi connectivity index (χ1n) is 10.0. The standard InChI is InChI=1S/C21H29N5O3/c1-4-29-19-10-6-5-8-17(19)21(28)26-11-7-9-18(26)20(27)23-16-14-22-25(15-16)13-12-24(2)3/h5-6,8,10,14-15,18H,4,7,9,11-13H2,1-3H3,(H,23,27). The van der Waals surface area contributed by atoms with Gasteiger partial charge in [-0.05, 0) is 46.0 Å². The van der Waals surface area contributed by atoms with Crippen molar-refractivity contribution in [2.75, 3.05) is 39.1 Å². The number of aromatic nitrogens is 2. The highest BCUT2D eigenvalue weighted by atomic mass is 16.5. The summed E-state index contributed by atoms with van der Waals surface area (Å²) in [6.45, 7) is 4.52. The molecule has 0 spiro atoms. The van der Waals surface area contributed by atoms with Gasteiger partial charge in [-0.3, -0.25) is 14.3 Å². The fraction of sp³-hybridized carbons (Fsp3) is 0.476. The van der Waals surface area contributed by atoms with E-state index in [2.05, 4.69) is 15.3 Å². The van der Waals surface area contributed by atoms with Crippen LogP contribution in [0.4, 0.5) is 5.69 Å². The number of benzene rings is 1. The Balaban J connectivity index is 1.67. The number of anilines is 1. The number of carbonyl (C=O) groups is 2. The summed E-state index contributed by atoms with van der Waals surface area (Å²) < 4.78 is 7.39. The summed E-state index contributed by atoms with van der Waals surface area (Å²) in [4.78, 5) is 29.7. The van der Waals surface area contributed by atoms with E-state index in [1.54, 1.807) is 27.9 Å². The van der Waals surface area contributed by atoms with Crippen molar-refractivity contribution in [3.8, 4) is 5.75 Å². The molecule has 1 aliphatic rings. The van der Waals surface area contributed by atoms with Gasteiger partial charge in [0.2, 0.25) is 5.91 Å². The summed E-state index contributed by atoms with van der Waals surface area (Å²) in [5, 5.41) is 7.19. The van der Waals surface area contributed by atoms with E-state index >= 15 is 0 Å². The van der Waals surface area contributed by atoms with E-state index in [0.717, 1.165) is 19.5 Å². The number of amides is 2. The minimum Gasteiger partial charge on any atom is -0.493 e. The van der Waals surface area contributed by atoms with E-state index in [0.29, 0.717) is 36.6 Å². The van der Waals surface area contributed by atoms with Gasteiger partial charge in [0, 0.05) is 19.3 Å². The van der Waals surface area contributed by atoms with Gasteiger partial charge in [-0.15, -0.1) is 0 Å². The van der Waals surface area contributed by atoms with Gasteiger partial charge in [-0.1, -0.05) is 12.1 Å². The molecular weight excluding hydrogens is 370 g/mol. The van der Waals surface area contributed by atoms with Crippen LogP contribution in [0.5, 0.6) is 5.75 Å². The lowest BCUT2D eigenvalue weighted by Gasteiger charge is -2.24. The lowest BCUT2D eigenvalue weighted by molar-refractivity contribution is -0.119. The zero-order valence-electron chi connectivity index (χ0n) is 17.3. The average molecular weight is 399 g/mol. The second kappa shape index (κ2) is 9.56. The van der Waals surface area contributed by atoms with E-state index in [1.165, 1.54) is 0 Å². The predicted molar refractivity (Wildman–Crippen MR) is 111 cm³/mol. The van der Waals surface area contributed by atoms with E-state index in [-0.39, 0.29) is 11.8 Å². The highest BCUT2D eigenvalue weighted by Crippen LogP contribution is 2.26. The first-order valence-corrected chi connectivity index (χ1v) is 10.0. The highest BCUT2D eigenvalue weighted by molar-refractivity contribution is 6.02. The van der Waals surface area contributed by atoms with Gasteiger partial charge < -0.3 is 19.9 Å². The van der Waals surface area contributed by atoms with Crippen LogP contribution in [0.25, 0.3) is 0 Å². The maximum absolute atomic E-state index is 13.1. The molecule has 2 amide bonds. The van der Waals surface area contributed by atoms with Gasteiger partial charge in [-0.25, -0.2) is 0 Å². The Morgan fingerprint density at radius 1 is 1.31 bits per heavy atom. The summed E-state index contributed by atoms with van der Waals surface area (Å²) in [5.41, 5.74) is 1.13. The minimum atomic E-state index is -0.498. The smallest absolute Gasteiger partial charge is 0.258 e. The Hall–Kier alpha value is -2.87. The number of nitrogens with zero attached hydrogens (tertiary/aromatic N) is 4. The molecule has 1 atom stereocenters. The number of nitrogens with one attached hydrogen (secondary N) is 1. The molecule has 0 aliphatic carbocycles. The Bertz CT molecular complexity index is 848. The molecule has 1 fully saturated rings. The third kappa shape index (κ3) is 5.14. The number of carbonyl (C=O) groups excluding carboxylic acids is 2. The number of rotatable bonds is 8. The zero-order valence-corrected chi connectivity index (χ0v) is 17.3. The molecule has 3 rings (SSSR count). The summed E-state index contributed by atoms with van der Waals surface area (Å²) in [7, 11) is 4.00. The maximum atomic E-state index is 13.1. The molecule has 1 unspecified atom stereocenters. The SMILES string of the molecule is CCOc1ccccc1C(=O)N1CCCC1C(=O)Nc1cnn(CCN(C)C)c1. The Morgan fingerprint density at radius 3 is 2.86 bits per heavy atom. The fourth-order valence-corrected chi connectivity index (χ4v) is 3.44. The van der Waals surface area contributed by atoms with E-state index in [1.807, 2.05) is 39.3 Å². The van der Waals surface area contributed by atoms with Crippen LogP contribution in [0.3, 0.4) is 0 Å². The lowest BCUT2D eigenvalue weighted by atomic mass is 10.1. The van der Waals surface area contributed by atoms with Crippen LogP contribution in [-0.2, 0) is 11.3 Å². The maximum Gasteiger partial charge on any atom is 0.258 e. The molecule has 8 nitrogen and oxygen atoms in total. The number of hydrogen-bond acceptors (Lipinski definition) is 5. The summed E-state index contributed by atoms with van der Waals surface area (Å²) in [5.74, 6) is 0.193. The van der Waals surface area contributed by atoms with Gasteiger partial charge in [0.15, 0.2) is 0 Å². The number of hydrogen-bond donors (Lipinski definition) is 1. The van der Waals surface area contributed by atoms with Crippen molar-refractivity contribution in [2.45, 2.75) is 32.4 Å². The van der Waals surface area contributed by atoms with Crippen molar-refractivity contribution < 1.29 is 14.3 Å². The molecule has 1 aromatic carbocycles. The van der Waals surface area contributed by atoms with Gasteiger partial charge >= 0.3 is 0 Å². The summed E-state index contributed by atoms with van der Waals surface area (Å²) >= 11 is 0. The lowest BCUT2D eigenvalue weighted by Crippen LogP contribution is -2.43. The van der Waals surface area contributed by atoms with Crippen LogP contribution in [0.1, 0.15) is 30.1 Å². The van der Waals surface area contributed by atoms with Crippen LogP contribution >= 0.6 is 0 Å². The summed E-state index contributed by atoms with van der Waals surface area (Å²) in [6.07, 6.45) is 4.89. The van der Waals surface area contributed by atoms with Gasteiger partial charge in [0.25, 0.3) is 5.91 Å². The number of para-hydroxylation sites is 1. The minimum absolute atomic E-state index is 0.173. The van der Waals surface area contributed by atoms with E-state index in [9.17, 15) is 9.59 Å². The molecule has 2 aromatic rings. The van der Waals surface area contributed by atoms with Gasteiger partial charge in [0.05, 0.1) is 30.6 Å². The Kier molecular flexibility index (Phi) is 6.87. The number of likely N-dealkylation sites (N-methyl/N-ethyl adjacent to an activating group) is 1. The molecule has 1 saturated heterocycles. The normalized spacial score (nSPS) is 16.3. The monoisotopic (exact) mass is 399 g/mol. The average Bonchev–Trinajstić information content (AvgIpc) is 3.36. The predicted octanol–water partition coefficient (Wildman–Crippen LogP) is 2.09. The molecule has 156 valence electrons. The molecular formula is C21H29N5O3. The Labute approximate surface area is 171 Å². The molecule has 2 heterocycles. The Morgan fingerprint density at radius 2 is 2.10 bits per heavy atom. The highest BCUT2D eigenvalue weighted by Gasteiger charge is 2.35. The van der Waals surface area contributed by atoms with Crippen LogP contribution in [0.15, 0.2) is 36.7 Å². The molecule has 1 N–H and O–H groups in total. The second-order valence-corrected chi connectivity index (χ2v) is 7.37. The van der Waals surface area contributed by atoms with E-state index in [4.69, 9.17) is 4.74 Å². The first-order chi connectivity index (χ1) is 14.0. The molecule has 0 radical (unpaired) electrons. The van der Waals surface area contributed by atoms with Crippen molar-refractivity contribution in [2.24, 2.45) is 0 Å². The van der Waals surface area contributed by atoms with Crippen LogP contribution in [-0.4, -0.2) is 71.2 Å². The quantitative estimate of drug-likeness (QED) is 0.735. The molecule has 1 aromatic heterocycles. The van der Waals surface area contributed by atoms with Crippen LogP contribution in [0, 0.1) is 0 Å². The first kappa shape index (κ1) is 20.9. The molecule has 0 bridgehead atoms. The van der Waals surface area contributed by atoms with Crippen molar-refractivity contribution in [3.05, 3.63) is 42.2 Å². The van der Waals surface area contributed by atoms with Crippen molar-refractivity contribution in [1.29, 1.82) is 0 Å². The second-order valence-electron chi connectivity index (χ2n) is 7.37.